The first-order valence-corrected chi connectivity index (χ1v) is 7.47. The smallest absolute Gasteiger partial charge is 0.136 e. The monoisotopic (exact) mass is 257 g/mol. The van der Waals surface area contributed by atoms with Crippen molar-refractivity contribution in [2.24, 2.45) is 0 Å². The highest BCUT2D eigenvalue weighted by molar-refractivity contribution is 5.80. The Kier molecular flexibility index (Phi) is 3.44. The van der Waals surface area contributed by atoms with Gasteiger partial charge < -0.3 is 0 Å². The number of carbonyl (C=O) groups excluding carboxylic acids is 1. The molecule has 2 fully saturated rings. The number of hydrogen-bond donors (Lipinski definition) is 0. The lowest BCUT2D eigenvalue weighted by molar-refractivity contribution is -0.123. The molecule has 2 aliphatic heterocycles. The molecule has 1 aromatic carbocycles. The van der Waals surface area contributed by atoms with Crippen molar-refractivity contribution < 1.29 is 4.79 Å². The molecular formula is C17H23NO. The molecule has 2 nitrogen and oxygen atoms in total. The standard InChI is InChI=1S/C17H23NO/c1-12-3-4-13(2)14(9-12)7-8-18-15-5-6-16(18)11-17(19)10-15/h3-4,9,15-16H,5-8,10-11H2,1-2H3. The summed E-state index contributed by atoms with van der Waals surface area (Å²) in [5.41, 5.74) is 4.21. The third-order valence-electron chi connectivity index (χ3n) is 4.84. The van der Waals surface area contributed by atoms with Crippen LogP contribution in [-0.4, -0.2) is 29.3 Å². The molecule has 2 aliphatic rings. The average molecular weight is 257 g/mol. The van der Waals surface area contributed by atoms with Crippen molar-refractivity contribution in [1.29, 1.82) is 0 Å². The second kappa shape index (κ2) is 5.09. The van der Waals surface area contributed by atoms with Gasteiger partial charge in [0.25, 0.3) is 0 Å². The molecule has 2 bridgehead atoms. The van der Waals surface area contributed by atoms with Crippen molar-refractivity contribution in [3.05, 3.63) is 34.9 Å². The van der Waals surface area contributed by atoms with Crippen molar-refractivity contribution in [3.8, 4) is 0 Å². The van der Waals surface area contributed by atoms with Crippen LogP contribution in [0.5, 0.6) is 0 Å². The summed E-state index contributed by atoms with van der Waals surface area (Å²) in [7, 11) is 0. The summed E-state index contributed by atoms with van der Waals surface area (Å²) >= 11 is 0. The normalized spacial score (nSPS) is 26.9. The SMILES string of the molecule is Cc1ccc(C)c(CCN2C3CCC2CC(=O)C3)c1. The Balaban J connectivity index is 1.67. The summed E-state index contributed by atoms with van der Waals surface area (Å²) in [5, 5.41) is 0. The molecule has 2 heterocycles. The third-order valence-corrected chi connectivity index (χ3v) is 4.84. The van der Waals surface area contributed by atoms with Crippen molar-refractivity contribution in [3.63, 3.8) is 0 Å². The van der Waals surface area contributed by atoms with Gasteiger partial charge in [0, 0.05) is 31.5 Å². The van der Waals surface area contributed by atoms with Gasteiger partial charge in [-0.3, -0.25) is 9.69 Å². The highest BCUT2D eigenvalue weighted by Gasteiger charge is 2.39. The van der Waals surface area contributed by atoms with Gasteiger partial charge in [0.15, 0.2) is 0 Å². The van der Waals surface area contributed by atoms with E-state index in [-0.39, 0.29) is 0 Å². The second-order valence-corrected chi connectivity index (χ2v) is 6.25. The number of ketones is 1. The van der Waals surface area contributed by atoms with E-state index in [9.17, 15) is 4.79 Å². The summed E-state index contributed by atoms with van der Waals surface area (Å²) in [6.07, 6.45) is 5.16. The van der Waals surface area contributed by atoms with Gasteiger partial charge in [-0.25, -0.2) is 0 Å². The summed E-state index contributed by atoms with van der Waals surface area (Å²) in [6.45, 7) is 5.47. The van der Waals surface area contributed by atoms with Crippen LogP contribution in [0.1, 0.15) is 42.4 Å². The molecular weight excluding hydrogens is 234 g/mol. The fourth-order valence-corrected chi connectivity index (χ4v) is 3.75. The number of fused-ring (bicyclic) bond motifs is 2. The van der Waals surface area contributed by atoms with Crippen molar-refractivity contribution in [2.75, 3.05) is 6.54 Å². The number of carbonyl (C=O) groups is 1. The highest BCUT2D eigenvalue weighted by Crippen LogP contribution is 2.33. The maximum Gasteiger partial charge on any atom is 0.136 e. The number of piperidine rings is 1. The third kappa shape index (κ3) is 2.59. The fourth-order valence-electron chi connectivity index (χ4n) is 3.75. The van der Waals surface area contributed by atoms with Crippen molar-refractivity contribution in [1.82, 2.24) is 4.90 Å². The summed E-state index contributed by atoms with van der Waals surface area (Å²) in [4.78, 5) is 14.2. The predicted octanol–water partition coefficient (Wildman–Crippen LogP) is 3.04. The summed E-state index contributed by atoms with van der Waals surface area (Å²) in [5.74, 6) is 0.482. The zero-order chi connectivity index (χ0) is 13.4. The van der Waals surface area contributed by atoms with E-state index in [0.29, 0.717) is 17.9 Å². The quantitative estimate of drug-likeness (QED) is 0.829. The van der Waals surface area contributed by atoms with E-state index in [1.54, 1.807) is 0 Å². The molecule has 102 valence electrons. The van der Waals surface area contributed by atoms with E-state index < -0.39 is 0 Å². The maximum absolute atomic E-state index is 11.6. The van der Waals surface area contributed by atoms with Crippen LogP contribution in [0.2, 0.25) is 0 Å². The number of hydrogen-bond acceptors (Lipinski definition) is 2. The van der Waals surface area contributed by atoms with Gasteiger partial charge >= 0.3 is 0 Å². The molecule has 2 atom stereocenters. The van der Waals surface area contributed by atoms with Crippen molar-refractivity contribution >= 4 is 5.78 Å². The lowest BCUT2D eigenvalue weighted by atomic mass is 9.99. The van der Waals surface area contributed by atoms with Crippen LogP contribution in [0.15, 0.2) is 18.2 Å². The van der Waals surface area contributed by atoms with E-state index in [1.165, 1.54) is 29.5 Å². The lowest BCUT2D eigenvalue weighted by Crippen LogP contribution is -2.44. The molecule has 1 aromatic rings. The number of aryl methyl sites for hydroxylation is 2. The van der Waals surface area contributed by atoms with Gasteiger partial charge in [0.05, 0.1) is 0 Å². The topological polar surface area (TPSA) is 20.3 Å². The number of Topliss-reactive ketones (excluding diaryl/α,β-unsaturated/α-hetero) is 1. The van der Waals surface area contributed by atoms with Gasteiger partial charge in [-0.1, -0.05) is 23.8 Å². The molecule has 0 spiro atoms. The van der Waals surface area contributed by atoms with E-state index in [2.05, 4.69) is 36.9 Å². The van der Waals surface area contributed by atoms with Crippen LogP contribution < -0.4 is 0 Å². The second-order valence-electron chi connectivity index (χ2n) is 6.25. The molecule has 2 saturated heterocycles. The van der Waals surface area contributed by atoms with Crippen LogP contribution >= 0.6 is 0 Å². The fraction of sp³-hybridized carbons (Fsp3) is 0.588. The Hall–Kier alpha value is -1.15. The molecule has 19 heavy (non-hydrogen) atoms. The minimum absolute atomic E-state index is 0.482. The minimum Gasteiger partial charge on any atom is -0.300 e. The number of benzene rings is 1. The van der Waals surface area contributed by atoms with Crippen LogP contribution in [0.4, 0.5) is 0 Å². The van der Waals surface area contributed by atoms with E-state index in [4.69, 9.17) is 0 Å². The maximum atomic E-state index is 11.6. The average Bonchev–Trinajstić information content (AvgIpc) is 2.61. The van der Waals surface area contributed by atoms with E-state index in [0.717, 1.165) is 25.8 Å². The van der Waals surface area contributed by atoms with E-state index >= 15 is 0 Å². The first kappa shape index (κ1) is 12.9. The molecule has 3 rings (SSSR count). The molecule has 0 N–H and O–H groups in total. The molecule has 0 aromatic heterocycles. The highest BCUT2D eigenvalue weighted by atomic mass is 16.1. The molecule has 0 radical (unpaired) electrons. The Morgan fingerprint density at radius 1 is 1.16 bits per heavy atom. The zero-order valence-electron chi connectivity index (χ0n) is 12.0. The lowest BCUT2D eigenvalue weighted by Gasteiger charge is -2.34. The van der Waals surface area contributed by atoms with Gasteiger partial charge in [0.1, 0.15) is 5.78 Å². The van der Waals surface area contributed by atoms with E-state index in [1.807, 2.05) is 0 Å². The van der Waals surface area contributed by atoms with Gasteiger partial charge in [-0.05, 0) is 44.2 Å². The first-order valence-electron chi connectivity index (χ1n) is 7.47. The molecule has 2 unspecified atom stereocenters. The zero-order valence-corrected chi connectivity index (χ0v) is 12.0. The largest absolute Gasteiger partial charge is 0.300 e. The molecule has 0 aliphatic carbocycles. The Labute approximate surface area is 115 Å². The van der Waals surface area contributed by atoms with Crippen LogP contribution in [-0.2, 0) is 11.2 Å². The van der Waals surface area contributed by atoms with Crippen LogP contribution in [0.3, 0.4) is 0 Å². The van der Waals surface area contributed by atoms with Gasteiger partial charge in [0.2, 0.25) is 0 Å². The molecule has 0 saturated carbocycles. The van der Waals surface area contributed by atoms with Crippen molar-refractivity contribution in [2.45, 2.75) is 58.0 Å². The van der Waals surface area contributed by atoms with Crippen LogP contribution in [0.25, 0.3) is 0 Å². The summed E-state index contributed by atoms with van der Waals surface area (Å²) < 4.78 is 0. The predicted molar refractivity (Wildman–Crippen MR) is 77.4 cm³/mol. The first-order chi connectivity index (χ1) is 9.13. The minimum atomic E-state index is 0.482. The van der Waals surface area contributed by atoms with Crippen LogP contribution in [0, 0.1) is 13.8 Å². The Morgan fingerprint density at radius 3 is 2.53 bits per heavy atom. The molecule has 0 amide bonds. The van der Waals surface area contributed by atoms with Gasteiger partial charge in [-0.2, -0.15) is 0 Å². The number of nitrogens with zero attached hydrogens (tertiary/aromatic N) is 1. The summed E-state index contributed by atoms with van der Waals surface area (Å²) in [6, 6.07) is 7.79. The van der Waals surface area contributed by atoms with Gasteiger partial charge in [-0.15, -0.1) is 0 Å². The Bertz CT molecular complexity index is 478. The molecule has 2 heteroatoms. The Morgan fingerprint density at radius 2 is 1.84 bits per heavy atom. The number of rotatable bonds is 3.